The lowest BCUT2D eigenvalue weighted by molar-refractivity contribution is -0.126. The number of imide groups is 1. The Bertz CT molecular complexity index is 679. The van der Waals surface area contributed by atoms with Crippen LogP contribution in [0.1, 0.15) is 24.6 Å². The average Bonchev–Trinajstić information content (AvgIpc) is 2.99. The number of aromatic nitrogens is 2. The van der Waals surface area contributed by atoms with Crippen LogP contribution in [0.2, 0.25) is 0 Å². The van der Waals surface area contributed by atoms with E-state index in [-0.39, 0.29) is 40.6 Å². The third kappa shape index (κ3) is 3.83. The van der Waals surface area contributed by atoms with Gasteiger partial charge in [-0.2, -0.15) is 4.98 Å². The fraction of sp³-hybridized carbons (Fsp3) is 0.667. The average molecular weight is 413 g/mol. The molecular formula is C15H21BrN6O3. The molecule has 2 saturated heterocycles. The van der Waals surface area contributed by atoms with Gasteiger partial charge in [-0.1, -0.05) is 5.16 Å². The summed E-state index contributed by atoms with van der Waals surface area (Å²) in [5, 5.41) is 9.58. The van der Waals surface area contributed by atoms with Crippen LogP contribution in [0.5, 0.6) is 0 Å². The number of hydrogen-bond donors (Lipinski definition) is 2. The first-order valence-electron chi connectivity index (χ1n) is 8.30. The minimum Gasteiger partial charge on any atom is -0.354 e. The lowest BCUT2D eigenvalue weighted by Gasteiger charge is -2.22. The molecule has 1 aromatic rings. The third-order valence-electron chi connectivity index (χ3n) is 4.61. The smallest absolute Gasteiger partial charge is 0.232 e. The second kappa shape index (κ2) is 7.11. The van der Waals surface area contributed by atoms with Crippen LogP contribution in [0.4, 0.5) is 0 Å². The molecule has 1 aromatic heterocycles. The van der Waals surface area contributed by atoms with Crippen molar-refractivity contribution in [3.05, 3.63) is 11.7 Å². The number of aliphatic imine (C=N–C) groups is 1. The highest BCUT2D eigenvalue weighted by Crippen LogP contribution is 2.29. The maximum Gasteiger partial charge on any atom is 0.232 e. The number of carbonyl (C=O) groups is 2. The van der Waals surface area contributed by atoms with E-state index in [1.807, 2.05) is 4.90 Å². The molecule has 4 rings (SSSR count). The van der Waals surface area contributed by atoms with Gasteiger partial charge < -0.3 is 14.7 Å². The Labute approximate surface area is 155 Å². The summed E-state index contributed by atoms with van der Waals surface area (Å²) in [5.41, 5.74) is 0. The molecule has 9 nitrogen and oxygen atoms in total. The van der Waals surface area contributed by atoms with Gasteiger partial charge in [-0.25, -0.2) is 0 Å². The van der Waals surface area contributed by atoms with Crippen LogP contribution in [0.3, 0.4) is 0 Å². The fourth-order valence-corrected chi connectivity index (χ4v) is 3.16. The number of nitrogens with one attached hydrogen (secondary N) is 2. The van der Waals surface area contributed by atoms with Gasteiger partial charge in [-0.15, -0.1) is 17.0 Å². The molecule has 3 heterocycles. The van der Waals surface area contributed by atoms with Gasteiger partial charge in [0.25, 0.3) is 0 Å². The molecule has 2 amide bonds. The Morgan fingerprint density at radius 3 is 2.56 bits per heavy atom. The molecule has 2 N–H and O–H groups in total. The third-order valence-corrected chi connectivity index (χ3v) is 4.61. The van der Waals surface area contributed by atoms with Crippen molar-refractivity contribution in [3.63, 3.8) is 0 Å². The number of amides is 2. The molecule has 0 bridgehead atoms. The Hall–Kier alpha value is -1.97. The highest BCUT2D eigenvalue weighted by atomic mass is 79.9. The number of halogens is 1. The van der Waals surface area contributed by atoms with Crippen LogP contribution in [0, 0.1) is 18.8 Å². The first-order chi connectivity index (χ1) is 11.6. The lowest BCUT2D eigenvalue weighted by Crippen LogP contribution is -2.43. The molecule has 136 valence electrons. The Morgan fingerprint density at radius 2 is 2.00 bits per heavy atom. The van der Waals surface area contributed by atoms with Crippen molar-refractivity contribution in [2.75, 3.05) is 19.6 Å². The minimum absolute atomic E-state index is 0. The molecule has 2 aliphatic heterocycles. The summed E-state index contributed by atoms with van der Waals surface area (Å²) in [6.07, 6.45) is 2.82. The second-order valence-electron chi connectivity index (χ2n) is 6.58. The van der Waals surface area contributed by atoms with Crippen LogP contribution in [-0.4, -0.2) is 58.5 Å². The zero-order valence-electron chi connectivity index (χ0n) is 13.9. The summed E-state index contributed by atoms with van der Waals surface area (Å²) in [6, 6.07) is 0.444. The van der Waals surface area contributed by atoms with E-state index >= 15 is 0 Å². The Morgan fingerprint density at radius 1 is 1.32 bits per heavy atom. The predicted molar refractivity (Wildman–Crippen MR) is 93.2 cm³/mol. The van der Waals surface area contributed by atoms with Gasteiger partial charge in [-0.05, 0) is 19.8 Å². The topological polar surface area (TPSA) is 113 Å². The van der Waals surface area contributed by atoms with E-state index in [4.69, 9.17) is 4.52 Å². The van der Waals surface area contributed by atoms with E-state index in [0.29, 0.717) is 43.8 Å². The van der Waals surface area contributed by atoms with Gasteiger partial charge in [-0.3, -0.25) is 19.9 Å². The molecule has 0 unspecified atom stereocenters. The first kappa shape index (κ1) is 17.8. The minimum atomic E-state index is -0.262. The highest BCUT2D eigenvalue weighted by molar-refractivity contribution is 8.93. The fourth-order valence-electron chi connectivity index (χ4n) is 3.16. The largest absolute Gasteiger partial charge is 0.354 e. The van der Waals surface area contributed by atoms with Crippen molar-refractivity contribution in [2.24, 2.45) is 16.8 Å². The van der Waals surface area contributed by atoms with E-state index in [0.717, 1.165) is 18.8 Å². The van der Waals surface area contributed by atoms with E-state index in [2.05, 4.69) is 25.8 Å². The number of guanidine groups is 1. The van der Waals surface area contributed by atoms with Crippen LogP contribution in [-0.2, 0) is 16.0 Å². The maximum atomic E-state index is 11.8. The summed E-state index contributed by atoms with van der Waals surface area (Å²) in [5.74, 6) is 1.09. The van der Waals surface area contributed by atoms with Crippen LogP contribution in [0.15, 0.2) is 9.52 Å². The second-order valence-corrected chi connectivity index (χ2v) is 6.58. The predicted octanol–water partition coefficient (Wildman–Crippen LogP) is -0.189. The van der Waals surface area contributed by atoms with Crippen LogP contribution >= 0.6 is 17.0 Å². The summed E-state index contributed by atoms with van der Waals surface area (Å²) >= 11 is 0. The molecule has 2 atom stereocenters. The molecule has 1 aliphatic carbocycles. The molecule has 0 aromatic carbocycles. The number of likely N-dealkylation sites (tertiary alicyclic amines) is 1. The monoisotopic (exact) mass is 412 g/mol. The van der Waals surface area contributed by atoms with E-state index in [1.165, 1.54) is 0 Å². The normalized spacial score (nSPS) is 25.6. The van der Waals surface area contributed by atoms with Gasteiger partial charge in [0.05, 0.1) is 18.4 Å². The van der Waals surface area contributed by atoms with Crippen molar-refractivity contribution in [3.8, 4) is 0 Å². The Kier molecular flexibility index (Phi) is 5.07. The SMILES string of the molecule is Br.Cc1noc(CCN=C(NC2CC2)N2C[C@@H]3C(=O)NC(=O)[C@@H]3C2)n1. The molecule has 0 radical (unpaired) electrons. The lowest BCUT2D eigenvalue weighted by atomic mass is 10.00. The molecular weight excluding hydrogens is 392 g/mol. The molecule has 25 heavy (non-hydrogen) atoms. The molecule has 3 fully saturated rings. The summed E-state index contributed by atoms with van der Waals surface area (Å²) < 4.78 is 5.09. The van der Waals surface area contributed by atoms with Crippen molar-refractivity contribution >= 4 is 34.8 Å². The molecule has 3 aliphatic rings. The number of hydrogen-bond acceptors (Lipinski definition) is 6. The van der Waals surface area contributed by atoms with Gasteiger partial charge in [0.2, 0.25) is 17.7 Å². The van der Waals surface area contributed by atoms with Gasteiger partial charge in [0.1, 0.15) is 0 Å². The van der Waals surface area contributed by atoms with E-state index in [1.54, 1.807) is 6.92 Å². The van der Waals surface area contributed by atoms with E-state index < -0.39 is 0 Å². The Balaban J connectivity index is 0.00000182. The number of carbonyl (C=O) groups excluding carboxylic acids is 2. The van der Waals surface area contributed by atoms with Gasteiger partial charge in [0, 0.05) is 25.6 Å². The first-order valence-corrected chi connectivity index (χ1v) is 8.30. The quantitative estimate of drug-likeness (QED) is 0.400. The van der Waals surface area contributed by atoms with Gasteiger partial charge >= 0.3 is 0 Å². The maximum absolute atomic E-state index is 11.8. The number of nitrogens with zero attached hydrogens (tertiary/aromatic N) is 4. The van der Waals surface area contributed by atoms with Gasteiger partial charge in [0.15, 0.2) is 11.8 Å². The number of rotatable bonds is 4. The standard InChI is InChI=1S/C15H20N6O3.BrH/c1-8-17-12(24-20-8)4-5-16-15(18-9-2-3-9)21-6-10-11(7-21)14(23)19-13(10)22;/h9-11H,2-7H2,1H3,(H,16,18)(H,19,22,23);1H/t10-,11+;. The zero-order valence-corrected chi connectivity index (χ0v) is 15.6. The van der Waals surface area contributed by atoms with E-state index in [9.17, 15) is 9.59 Å². The zero-order chi connectivity index (χ0) is 16.7. The van der Waals surface area contributed by atoms with Crippen molar-refractivity contribution in [1.29, 1.82) is 0 Å². The van der Waals surface area contributed by atoms with Crippen molar-refractivity contribution in [1.82, 2.24) is 25.7 Å². The van der Waals surface area contributed by atoms with Crippen LogP contribution < -0.4 is 10.6 Å². The van der Waals surface area contributed by atoms with Crippen molar-refractivity contribution < 1.29 is 14.1 Å². The van der Waals surface area contributed by atoms with Crippen molar-refractivity contribution in [2.45, 2.75) is 32.2 Å². The molecule has 10 heteroatoms. The highest BCUT2D eigenvalue weighted by Gasteiger charge is 2.48. The number of fused-ring (bicyclic) bond motifs is 1. The summed E-state index contributed by atoms with van der Waals surface area (Å²) in [4.78, 5) is 34.5. The summed E-state index contributed by atoms with van der Waals surface area (Å²) in [7, 11) is 0. The summed E-state index contributed by atoms with van der Waals surface area (Å²) in [6.45, 7) is 3.35. The molecule has 1 saturated carbocycles. The van der Waals surface area contributed by atoms with Crippen LogP contribution in [0.25, 0.3) is 0 Å². The number of aryl methyl sites for hydroxylation is 1. The molecule has 0 spiro atoms.